The third-order valence-electron chi connectivity index (χ3n) is 5.40. The largest absolute Gasteiger partial charge is 0.491 e. The number of esters is 1. The first kappa shape index (κ1) is 29.0. The molecular formula is C25H32N4O8S. The number of aromatic nitrogens is 1. The van der Waals surface area contributed by atoms with Gasteiger partial charge in [-0.2, -0.15) is 0 Å². The predicted molar refractivity (Wildman–Crippen MR) is 138 cm³/mol. The molecule has 1 aromatic heterocycles. The van der Waals surface area contributed by atoms with Crippen molar-refractivity contribution in [1.82, 2.24) is 15.2 Å². The normalized spacial score (nSPS) is 17.1. The van der Waals surface area contributed by atoms with E-state index in [1.807, 2.05) is 0 Å². The molecule has 3 atom stereocenters. The van der Waals surface area contributed by atoms with Crippen LogP contribution in [0.25, 0.3) is 0 Å². The predicted octanol–water partition coefficient (Wildman–Crippen LogP) is 2.76. The smallest absolute Gasteiger partial charge is 0.357 e. The van der Waals surface area contributed by atoms with E-state index >= 15 is 0 Å². The van der Waals surface area contributed by atoms with Crippen molar-refractivity contribution in [3.63, 3.8) is 0 Å². The first-order valence-corrected chi connectivity index (χ1v) is 12.7. The number of rotatable bonds is 11. The van der Waals surface area contributed by atoms with Crippen molar-refractivity contribution < 1.29 is 38.1 Å². The monoisotopic (exact) mass is 548 g/mol. The quantitative estimate of drug-likeness (QED) is 0.246. The molecule has 1 fully saturated rings. The van der Waals surface area contributed by atoms with Gasteiger partial charge in [-0.25, -0.2) is 19.5 Å². The molecule has 1 aliphatic heterocycles. The first-order valence-electron chi connectivity index (χ1n) is 11.8. The average Bonchev–Trinajstić information content (AvgIpc) is 3.43. The molecule has 0 saturated carbocycles. The molecular weight excluding hydrogens is 516 g/mol. The Kier molecular flexibility index (Phi) is 9.41. The maximum Gasteiger partial charge on any atom is 0.357 e. The number of thiazole rings is 1. The van der Waals surface area contributed by atoms with Gasteiger partial charge < -0.3 is 29.6 Å². The van der Waals surface area contributed by atoms with Crippen LogP contribution >= 0.6 is 11.3 Å². The van der Waals surface area contributed by atoms with Crippen LogP contribution in [0.2, 0.25) is 0 Å². The molecule has 2 N–H and O–H groups in total. The number of imide groups is 1. The Morgan fingerprint density at radius 1 is 1.16 bits per heavy atom. The molecule has 2 aromatic rings. The van der Waals surface area contributed by atoms with Crippen molar-refractivity contribution in [2.24, 2.45) is 0 Å². The summed E-state index contributed by atoms with van der Waals surface area (Å²) >= 11 is 1.01. The Morgan fingerprint density at radius 2 is 1.84 bits per heavy atom. The Labute approximate surface area is 224 Å². The topological polar surface area (TPSA) is 145 Å². The number of methoxy groups -OCH3 is 2. The Morgan fingerprint density at radius 3 is 2.45 bits per heavy atom. The number of ether oxygens (including phenoxy) is 4. The van der Waals surface area contributed by atoms with Crippen molar-refractivity contribution in [3.8, 4) is 5.75 Å². The van der Waals surface area contributed by atoms with Gasteiger partial charge in [0.25, 0.3) is 11.8 Å². The molecule has 4 amide bonds. The lowest BCUT2D eigenvalue weighted by atomic mass is 10.0. The van der Waals surface area contributed by atoms with Crippen LogP contribution in [-0.2, 0) is 23.8 Å². The van der Waals surface area contributed by atoms with Crippen molar-refractivity contribution in [1.29, 1.82) is 0 Å². The van der Waals surface area contributed by atoms with Crippen molar-refractivity contribution in [2.75, 3.05) is 32.8 Å². The van der Waals surface area contributed by atoms with Gasteiger partial charge in [-0.1, -0.05) is 12.1 Å². The summed E-state index contributed by atoms with van der Waals surface area (Å²) < 4.78 is 21.1. The van der Waals surface area contributed by atoms with E-state index in [-0.39, 0.29) is 10.8 Å². The van der Waals surface area contributed by atoms with Crippen LogP contribution in [0.5, 0.6) is 5.75 Å². The van der Waals surface area contributed by atoms with Crippen LogP contribution in [0.3, 0.4) is 0 Å². The van der Waals surface area contributed by atoms with Crippen LogP contribution < -0.4 is 15.4 Å². The van der Waals surface area contributed by atoms with Gasteiger partial charge in [0, 0.05) is 12.5 Å². The Balaban J connectivity index is 1.84. The third kappa shape index (κ3) is 7.05. The zero-order chi connectivity index (χ0) is 28.0. The van der Waals surface area contributed by atoms with Crippen LogP contribution in [0, 0.1) is 0 Å². The van der Waals surface area contributed by atoms with Gasteiger partial charge in [0.15, 0.2) is 10.8 Å². The second-order valence-corrected chi connectivity index (χ2v) is 10.3. The zero-order valence-corrected chi connectivity index (χ0v) is 22.9. The van der Waals surface area contributed by atoms with Gasteiger partial charge in [0.1, 0.15) is 24.4 Å². The summed E-state index contributed by atoms with van der Waals surface area (Å²) in [6.07, 6.45) is -0.875. The van der Waals surface area contributed by atoms with Gasteiger partial charge in [-0.3, -0.25) is 9.59 Å². The molecule has 0 bridgehead atoms. The summed E-state index contributed by atoms with van der Waals surface area (Å²) in [7, 11) is 2.79. The molecule has 1 aliphatic rings. The fraction of sp³-hybridized carbons (Fsp3) is 0.480. The number of urea groups is 1. The van der Waals surface area contributed by atoms with E-state index in [4.69, 9.17) is 14.2 Å². The molecule has 1 saturated heterocycles. The summed E-state index contributed by atoms with van der Waals surface area (Å²) in [6.45, 7) is 7.80. The minimum atomic E-state index is -1.33. The van der Waals surface area contributed by atoms with Gasteiger partial charge in [0.2, 0.25) is 0 Å². The number of nitrogens with one attached hydrogen (secondary N) is 2. The van der Waals surface area contributed by atoms with E-state index in [1.54, 1.807) is 59.1 Å². The van der Waals surface area contributed by atoms with E-state index in [0.29, 0.717) is 24.5 Å². The van der Waals surface area contributed by atoms with Crippen LogP contribution in [0.4, 0.5) is 9.93 Å². The summed E-state index contributed by atoms with van der Waals surface area (Å²) in [5, 5.41) is 6.78. The number of nitrogens with zero attached hydrogens (tertiary/aromatic N) is 2. The number of carbonyl (C=O) groups excluding carboxylic acids is 4. The number of amides is 4. The van der Waals surface area contributed by atoms with Crippen LogP contribution in [-0.4, -0.2) is 78.9 Å². The number of carbonyl (C=O) groups is 4. The molecule has 3 rings (SSSR count). The maximum atomic E-state index is 13.5. The molecule has 38 heavy (non-hydrogen) atoms. The zero-order valence-electron chi connectivity index (χ0n) is 22.1. The number of hydrogen-bond acceptors (Lipinski definition) is 10. The van der Waals surface area contributed by atoms with E-state index < -0.39 is 47.6 Å². The van der Waals surface area contributed by atoms with Gasteiger partial charge >= 0.3 is 12.0 Å². The van der Waals surface area contributed by atoms with Crippen LogP contribution in [0.15, 0.2) is 29.6 Å². The highest BCUT2D eigenvalue weighted by molar-refractivity contribution is 7.14. The van der Waals surface area contributed by atoms with E-state index in [0.717, 1.165) is 16.2 Å². The minimum Gasteiger partial charge on any atom is -0.491 e. The average molecular weight is 549 g/mol. The standard InChI is InChI=1S/C25H32N4O8S/c1-14(37-25(2,3)4)19(20(30)28-23-26-17(13-38-23)22(32)35-6)29-21(31)18(27-24(29)33)15-7-9-16(10-8-15)36-12-11-34-5/h7-10,13-14,18-19H,11-12H2,1-6H3,(H,27,33)(H,26,28,30)/t14-,18?,19+/m1/s1. The first-order chi connectivity index (χ1) is 17.9. The maximum absolute atomic E-state index is 13.5. The highest BCUT2D eigenvalue weighted by atomic mass is 32.1. The SMILES string of the molecule is COCCOc1ccc(C2NC(=O)N([C@H](C(=O)Nc3nc(C(=O)OC)cs3)[C@@H](C)OC(C)(C)C)C2=O)cc1. The Hall–Kier alpha value is -3.55. The molecule has 2 heterocycles. The third-order valence-corrected chi connectivity index (χ3v) is 6.16. The van der Waals surface area contributed by atoms with Crippen molar-refractivity contribution in [2.45, 2.75) is 51.5 Å². The van der Waals surface area contributed by atoms with Gasteiger partial charge in [-0.05, 0) is 45.4 Å². The lowest BCUT2D eigenvalue weighted by molar-refractivity contribution is -0.143. The summed E-state index contributed by atoms with van der Waals surface area (Å²) in [4.78, 5) is 56.6. The Bertz CT molecular complexity index is 1160. The molecule has 1 unspecified atom stereocenters. The van der Waals surface area contributed by atoms with E-state index in [1.165, 1.54) is 12.5 Å². The highest BCUT2D eigenvalue weighted by Gasteiger charge is 2.48. The fourth-order valence-corrected chi connectivity index (χ4v) is 4.54. The summed E-state index contributed by atoms with van der Waals surface area (Å²) in [5.41, 5.74) is -0.127. The van der Waals surface area contributed by atoms with E-state index in [2.05, 4.69) is 20.4 Å². The molecule has 206 valence electrons. The highest BCUT2D eigenvalue weighted by Crippen LogP contribution is 2.29. The molecule has 12 nitrogen and oxygen atoms in total. The van der Waals surface area contributed by atoms with Gasteiger partial charge in [-0.15, -0.1) is 11.3 Å². The van der Waals surface area contributed by atoms with Crippen molar-refractivity contribution >= 4 is 40.3 Å². The number of anilines is 1. The fourth-order valence-electron chi connectivity index (χ4n) is 3.85. The molecule has 0 radical (unpaired) electrons. The lowest BCUT2D eigenvalue weighted by Gasteiger charge is -2.33. The summed E-state index contributed by atoms with van der Waals surface area (Å²) in [6, 6.07) is 3.64. The molecule has 13 heteroatoms. The van der Waals surface area contributed by atoms with E-state index in [9.17, 15) is 19.2 Å². The number of hydrogen-bond donors (Lipinski definition) is 2. The molecule has 0 aliphatic carbocycles. The second-order valence-electron chi connectivity index (χ2n) is 9.40. The van der Waals surface area contributed by atoms with Crippen LogP contribution in [0.1, 0.15) is 49.8 Å². The second kappa shape index (κ2) is 12.3. The molecule has 1 aromatic carbocycles. The minimum absolute atomic E-state index is 0.0213. The van der Waals surface area contributed by atoms with Crippen molar-refractivity contribution in [3.05, 3.63) is 40.9 Å². The number of benzene rings is 1. The summed E-state index contributed by atoms with van der Waals surface area (Å²) in [5.74, 6) is -1.38. The molecule has 0 spiro atoms. The lowest BCUT2D eigenvalue weighted by Crippen LogP contribution is -2.55. The van der Waals surface area contributed by atoms with Gasteiger partial charge in [0.05, 0.1) is 25.4 Å².